The summed E-state index contributed by atoms with van der Waals surface area (Å²) >= 11 is 0. The van der Waals surface area contributed by atoms with Crippen LogP contribution >= 0.6 is 0 Å². The van der Waals surface area contributed by atoms with E-state index in [2.05, 4.69) is 191 Å². The lowest BCUT2D eigenvalue weighted by Gasteiger charge is -2.18. The van der Waals surface area contributed by atoms with Crippen LogP contribution in [0, 0.1) is 0 Å². The average Bonchev–Trinajstić information content (AvgIpc) is 3.47. The Kier molecular flexibility index (Phi) is 63.9. The number of unbranched alkanes of at least 4 members (excludes halogenated alkanes) is 19. The molecule has 0 bridgehead atoms. The maximum atomic E-state index is 12.9. The van der Waals surface area contributed by atoms with Crippen molar-refractivity contribution in [2.45, 2.75) is 277 Å². The molecule has 1 atom stereocenters. The van der Waals surface area contributed by atoms with Crippen LogP contribution in [0.15, 0.2) is 170 Å². The Morgan fingerprint density at radius 2 is 0.476 bits per heavy atom. The Morgan fingerprint density at radius 3 is 0.768 bits per heavy atom. The molecule has 0 N–H and O–H groups in total. The molecule has 0 aromatic heterocycles. The monoisotopic (exact) mass is 1130 g/mol. The van der Waals surface area contributed by atoms with Gasteiger partial charge in [-0.15, -0.1) is 0 Å². The molecular formula is C76H120O6. The molecule has 0 aliphatic carbocycles. The highest BCUT2D eigenvalue weighted by Gasteiger charge is 2.19. The van der Waals surface area contributed by atoms with Crippen LogP contribution in [0.3, 0.4) is 0 Å². The van der Waals surface area contributed by atoms with Gasteiger partial charge >= 0.3 is 17.9 Å². The van der Waals surface area contributed by atoms with Crippen molar-refractivity contribution in [1.82, 2.24) is 0 Å². The molecule has 1 unspecified atom stereocenters. The molecule has 0 fully saturated rings. The van der Waals surface area contributed by atoms with E-state index in [1.54, 1.807) is 0 Å². The van der Waals surface area contributed by atoms with Gasteiger partial charge in [-0.1, -0.05) is 268 Å². The van der Waals surface area contributed by atoms with Gasteiger partial charge < -0.3 is 14.2 Å². The van der Waals surface area contributed by atoms with E-state index in [4.69, 9.17) is 14.2 Å². The van der Waals surface area contributed by atoms with Gasteiger partial charge in [-0.2, -0.15) is 0 Å². The molecule has 6 nitrogen and oxygen atoms in total. The number of hydrogen-bond donors (Lipinski definition) is 0. The van der Waals surface area contributed by atoms with Crippen LogP contribution in [0.1, 0.15) is 271 Å². The van der Waals surface area contributed by atoms with Crippen molar-refractivity contribution in [2.75, 3.05) is 13.2 Å². The molecule has 0 saturated carbocycles. The zero-order valence-electron chi connectivity index (χ0n) is 52.7. The number of carbonyl (C=O) groups is 3. The predicted molar refractivity (Wildman–Crippen MR) is 357 cm³/mol. The summed E-state index contributed by atoms with van der Waals surface area (Å²) in [5.41, 5.74) is 0. The van der Waals surface area contributed by atoms with Crippen molar-refractivity contribution in [2.24, 2.45) is 0 Å². The number of allylic oxidation sites excluding steroid dienone is 28. The fourth-order valence-electron chi connectivity index (χ4n) is 8.54. The van der Waals surface area contributed by atoms with E-state index >= 15 is 0 Å². The van der Waals surface area contributed by atoms with Crippen LogP contribution in [0.25, 0.3) is 0 Å². The van der Waals surface area contributed by atoms with Crippen LogP contribution in [0.4, 0.5) is 0 Å². The second-order valence-corrected chi connectivity index (χ2v) is 21.3. The van der Waals surface area contributed by atoms with Crippen molar-refractivity contribution >= 4 is 17.9 Å². The molecule has 0 radical (unpaired) electrons. The predicted octanol–water partition coefficient (Wildman–Crippen LogP) is 23.0. The third-order valence-corrected chi connectivity index (χ3v) is 13.4. The van der Waals surface area contributed by atoms with Crippen LogP contribution < -0.4 is 0 Å². The molecule has 460 valence electrons. The molecule has 0 saturated heterocycles. The first-order valence-corrected chi connectivity index (χ1v) is 33.1. The fraction of sp³-hybridized carbons (Fsp3) is 0.592. The zero-order chi connectivity index (χ0) is 59.2. The van der Waals surface area contributed by atoms with Crippen LogP contribution in [0.5, 0.6) is 0 Å². The van der Waals surface area contributed by atoms with Crippen LogP contribution in [0.2, 0.25) is 0 Å². The first-order chi connectivity index (χ1) is 40.5. The summed E-state index contributed by atoms with van der Waals surface area (Å²) < 4.78 is 16.9. The van der Waals surface area contributed by atoms with Gasteiger partial charge in [0.1, 0.15) is 13.2 Å². The Bertz CT molecular complexity index is 1870. The summed E-state index contributed by atoms with van der Waals surface area (Å²) in [4.78, 5) is 38.4. The number of hydrogen-bond acceptors (Lipinski definition) is 6. The third-order valence-electron chi connectivity index (χ3n) is 13.4. The third kappa shape index (κ3) is 65.6. The lowest BCUT2D eigenvalue weighted by atomic mass is 10.1. The molecule has 0 aliphatic rings. The Hall–Kier alpha value is -5.23. The maximum Gasteiger partial charge on any atom is 0.306 e. The minimum absolute atomic E-state index is 0.112. The maximum absolute atomic E-state index is 12.9. The first kappa shape index (κ1) is 76.8. The number of esters is 3. The highest BCUT2D eigenvalue weighted by atomic mass is 16.6. The van der Waals surface area contributed by atoms with Gasteiger partial charge in [0.25, 0.3) is 0 Å². The molecule has 0 heterocycles. The van der Waals surface area contributed by atoms with Gasteiger partial charge in [-0.05, 0) is 154 Å². The van der Waals surface area contributed by atoms with Crippen LogP contribution in [-0.4, -0.2) is 37.2 Å². The Morgan fingerprint density at radius 1 is 0.256 bits per heavy atom. The Balaban J connectivity index is 4.50. The van der Waals surface area contributed by atoms with Crippen molar-refractivity contribution in [3.05, 3.63) is 170 Å². The molecule has 6 heteroatoms. The van der Waals surface area contributed by atoms with E-state index < -0.39 is 6.10 Å². The molecule has 0 spiro atoms. The molecule has 0 aromatic carbocycles. The van der Waals surface area contributed by atoms with Gasteiger partial charge in [0, 0.05) is 19.3 Å². The quantitative estimate of drug-likeness (QED) is 0.0261. The minimum atomic E-state index is -0.822. The minimum Gasteiger partial charge on any atom is -0.462 e. The van der Waals surface area contributed by atoms with Gasteiger partial charge in [0.05, 0.1) is 0 Å². The second-order valence-electron chi connectivity index (χ2n) is 21.3. The highest BCUT2D eigenvalue weighted by Crippen LogP contribution is 2.14. The van der Waals surface area contributed by atoms with Crippen molar-refractivity contribution in [1.29, 1.82) is 0 Å². The van der Waals surface area contributed by atoms with E-state index in [0.717, 1.165) is 161 Å². The summed E-state index contributed by atoms with van der Waals surface area (Å²) in [7, 11) is 0. The average molecular weight is 1130 g/mol. The van der Waals surface area contributed by atoms with Crippen molar-refractivity contribution in [3.63, 3.8) is 0 Å². The lowest BCUT2D eigenvalue weighted by Crippen LogP contribution is -2.30. The van der Waals surface area contributed by atoms with Crippen LogP contribution in [-0.2, 0) is 28.6 Å². The van der Waals surface area contributed by atoms with E-state index in [1.165, 1.54) is 64.2 Å². The molecule has 0 aromatic rings. The Labute approximate surface area is 504 Å². The normalized spacial score (nSPS) is 13.3. The van der Waals surface area contributed by atoms with Crippen molar-refractivity contribution in [3.8, 4) is 0 Å². The summed E-state index contributed by atoms with van der Waals surface area (Å²) in [5, 5.41) is 0. The molecule has 0 aliphatic heterocycles. The number of ether oxygens (including phenoxy) is 3. The zero-order valence-corrected chi connectivity index (χ0v) is 52.7. The fourth-order valence-corrected chi connectivity index (χ4v) is 8.54. The molecule has 0 amide bonds. The topological polar surface area (TPSA) is 78.9 Å². The molecule has 82 heavy (non-hydrogen) atoms. The number of rotatable bonds is 58. The lowest BCUT2D eigenvalue weighted by molar-refractivity contribution is -0.167. The second kappa shape index (κ2) is 68.3. The standard InChI is InChI=1S/C76H120O6/c1-4-7-10-13-16-19-22-25-28-31-33-35-36-37-38-39-40-42-43-45-48-51-54-57-60-63-66-69-75(78)81-72-73(71-80-74(77)68-65-62-59-56-53-50-47-30-27-24-21-18-15-12-9-6-3)82-76(79)70-67-64-61-58-55-52-49-46-44-41-34-32-29-26-23-20-17-14-11-8-5-2/h7-8,10-11,16-17,19-21,24-26,28-30,33-35,37-38,40-42,46-47,49,55,58,73H,4-6,9,12-15,18,22-23,27,31-32,36,39,43-45,48,50-54,56-57,59-72H2,1-3H3/b10-7-,11-8-,19-16-,20-17-,24-21-,28-25-,29-26-,35-33-,38-37-,41-34-,42-40-,47-30-,49-46-,58-55-. The van der Waals surface area contributed by atoms with Gasteiger partial charge in [0.2, 0.25) is 0 Å². The first-order valence-electron chi connectivity index (χ1n) is 33.1. The van der Waals surface area contributed by atoms with E-state index in [0.29, 0.717) is 19.3 Å². The van der Waals surface area contributed by atoms with Gasteiger partial charge in [0.15, 0.2) is 6.10 Å². The smallest absolute Gasteiger partial charge is 0.306 e. The van der Waals surface area contributed by atoms with Gasteiger partial charge in [-0.25, -0.2) is 0 Å². The van der Waals surface area contributed by atoms with E-state index in [9.17, 15) is 14.4 Å². The summed E-state index contributed by atoms with van der Waals surface area (Å²) in [6, 6.07) is 0. The summed E-state index contributed by atoms with van der Waals surface area (Å²) in [6.45, 7) is 6.34. The van der Waals surface area contributed by atoms with E-state index in [-0.39, 0.29) is 37.5 Å². The molecular weight excluding hydrogens is 1010 g/mol. The summed E-state index contributed by atoms with van der Waals surface area (Å²) in [6.07, 6.45) is 101. The SMILES string of the molecule is CC/C=C\C/C=C\C/C=C\C/C=C\C/C=C\C/C=C\CCCCCCCCCCC(=O)OCC(COC(=O)CCCCCCC/C=C\C/C=C\CCCCCC)OC(=O)CCCC/C=C\C/C=C\C/C=C\C/C=C\C/C=C\C/C=C\CC. The van der Waals surface area contributed by atoms with Crippen molar-refractivity contribution < 1.29 is 28.6 Å². The summed E-state index contributed by atoms with van der Waals surface area (Å²) in [5.74, 6) is -0.980. The highest BCUT2D eigenvalue weighted by molar-refractivity contribution is 5.71. The van der Waals surface area contributed by atoms with Gasteiger partial charge in [-0.3, -0.25) is 14.4 Å². The number of carbonyl (C=O) groups excluding carboxylic acids is 3. The molecule has 0 rings (SSSR count). The largest absolute Gasteiger partial charge is 0.462 e. The van der Waals surface area contributed by atoms with E-state index in [1.807, 2.05) is 0 Å².